The second-order valence-corrected chi connectivity index (χ2v) is 5.49. The van der Waals surface area contributed by atoms with Gasteiger partial charge in [0.1, 0.15) is 0 Å². The molecule has 4 heteroatoms. The van der Waals surface area contributed by atoms with E-state index in [1.807, 2.05) is 0 Å². The van der Waals surface area contributed by atoms with Crippen molar-refractivity contribution in [3.8, 4) is 0 Å². The standard InChI is InChI=1S/C13H26N2O2/c1-11(16)6-7-12(17)14-10-13(15(2)3)8-4-5-9-13/h11,16H,4-10H2,1-3H3,(H,14,17). The van der Waals surface area contributed by atoms with E-state index in [9.17, 15) is 4.79 Å². The molecule has 0 bridgehead atoms. The van der Waals surface area contributed by atoms with Crippen molar-refractivity contribution in [2.45, 2.75) is 57.1 Å². The van der Waals surface area contributed by atoms with Gasteiger partial charge in [0.25, 0.3) is 0 Å². The Morgan fingerprint density at radius 2 is 2.00 bits per heavy atom. The molecule has 17 heavy (non-hydrogen) atoms. The van der Waals surface area contributed by atoms with Crippen molar-refractivity contribution in [2.75, 3.05) is 20.6 Å². The van der Waals surface area contributed by atoms with Crippen molar-refractivity contribution in [1.82, 2.24) is 10.2 Å². The quantitative estimate of drug-likeness (QED) is 0.734. The minimum Gasteiger partial charge on any atom is -0.393 e. The molecule has 1 amide bonds. The van der Waals surface area contributed by atoms with Crippen molar-refractivity contribution in [1.29, 1.82) is 0 Å². The molecule has 1 unspecified atom stereocenters. The van der Waals surface area contributed by atoms with Gasteiger partial charge in [-0.15, -0.1) is 0 Å². The van der Waals surface area contributed by atoms with Crippen LogP contribution in [0.5, 0.6) is 0 Å². The van der Waals surface area contributed by atoms with Crippen molar-refractivity contribution >= 4 is 5.91 Å². The highest BCUT2D eigenvalue weighted by Crippen LogP contribution is 2.33. The number of hydrogen-bond donors (Lipinski definition) is 2. The SMILES string of the molecule is CC(O)CCC(=O)NCC1(N(C)C)CCCC1. The van der Waals surface area contributed by atoms with Gasteiger partial charge in [-0.05, 0) is 40.3 Å². The van der Waals surface area contributed by atoms with Crippen LogP contribution in [0.25, 0.3) is 0 Å². The van der Waals surface area contributed by atoms with Gasteiger partial charge in [-0.25, -0.2) is 0 Å². The smallest absolute Gasteiger partial charge is 0.220 e. The number of hydrogen-bond acceptors (Lipinski definition) is 3. The van der Waals surface area contributed by atoms with E-state index in [4.69, 9.17) is 5.11 Å². The maximum Gasteiger partial charge on any atom is 0.220 e. The third kappa shape index (κ3) is 4.28. The lowest BCUT2D eigenvalue weighted by Crippen LogP contribution is -2.50. The van der Waals surface area contributed by atoms with E-state index >= 15 is 0 Å². The molecule has 0 saturated heterocycles. The lowest BCUT2D eigenvalue weighted by Gasteiger charge is -2.36. The summed E-state index contributed by atoms with van der Waals surface area (Å²) < 4.78 is 0. The van der Waals surface area contributed by atoms with Crippen molar-refractivity contribution in [2.24, 2.45) is 0 Å². The second kappa shape index (κ2) is 6.36. The number of aliphatic hydroxyl groups is 1. The Morgan fingerprint density at radius 3 is 2.47 bits per heavy atom. The van der Waals surface area contributed by atoms with Crippen LogP contribution in [0.15, 0.2) is 0 Å². The normalized spacial score (nSPS) is 20.5. The predicted octanol–water partition coefficient (Wildman–Crippen LogP) is 1.14. The minimum atomic E-state index is -0.393. The molecular formula is C13H26N2O2. The molecule has 0 radical (unpaired) electrons. The van der Waals surface area contributed by atoms with Crippen LogP contribution in [-0.2, 0) is 4.79 Å². The van der Waals surface area contributed by atoms with Crippen molar-refractivity contribution in [3.05, 3.63) is 0 Å². The first-order chi connectivity index (χ1) is 7.96. The van der Waals surface area contributed by atoms with E-state index in [1.54, 1.807) is 6.92 Å². The Kier molecular flexibility index (Phi) is 5.40. The Bertz CT molecular complexity index is 246. The first kappa shape index (κ1) is 14.5. The molecule has 1 atom stereocenters. The molecule has 1 rings (SSSR count). The van der Waals surface area contributed by atoms with Gasteiger partial charge in [0.05, 0.1) is 6.10 Å². The largest absolute Gasteiger partial charge is 0.393 e. The number of likely N-dealkylation sites (N-methyl/N-ethyl adjacent to an activating group) is 1. The molecule has 0 heterocycles. The number of carbonyl (C=O) groups is 1. The van der Waals surface area contributed by atoms with Crippen LogP contribution in [0.4, 0.5) is 0 Å². The summed E-state index contributed by atoms with van der Waals surface area (Å²) >= 11 is 0. The number of rotatable bonds is 6. The second-order valence-electron chi connectivity index (χ2n) is 5.49. The summed E-state index contributed by atoms with van der Waals surface area (Å²) in [5.41, 5.74) is 0.153. The third-order valence-electron chi connectivity index (χ3n) is 3.89. The first-order valence-electron chi connectivity index (χ1n) is 6.58. The molecule has 1 aliphatic rings. The van der Waals surface area contributed by atoms with E-state index in [2.05, 4.69) is 24.3 Å². The van der Waals surface area contributed by atoms with Gasteiger partial charge in [-0.2, -0.15) is 0 Å². The highest BCUT2D eigenvalue weighted by Gasteiger charge is 2.35. The van der Waals surface area contributed by atoms with Crippen LogP contribution in [0.1, 0.15) is 45.4 Å². The molecule has 2 N–H and O–H groups in total. The van der Waals surface area contributed by atoms with Crippen molar-refractivity contribution < 1.29 is 9.90 Å². The van der Waals surface area contributed by atoms with Crippen LogP contribution in [0.3, 0.4) is 0 Å². The Morgan fingerprint density at radius 1 is 1.41 bits per heavy atom. The summed E-state index contributed by atoms with van der Waals surface area (Å²) in [4.78, 5) is 13.9. The van der Waals surface area contributed by atoms with Crippen LogP contribution < -0.4 is 5.32 Å². The van der Waals surface area contributed by atoms with Gasteiger partial charge in [0, 0.05) is 18.5 Å². The van der Waals surface area contributed by atoms with Gasteiger partial charge in [-0.3, -0.25) is 4.79 Å². The molecule has 0 spiro atoms. The van der Waals surface area contributed by atoms with E-state index in [-0.39, 0.29) is 11.4 Å². The van der Waals surface area contributed by atoms with E-state index < -0.39 is 6.10 Å². The lowest BCUT2D eigenvalue weighted by atomic mass is 9.96. The predicted molar refractivity (Wildman–Crippen MR) is 68.8 cm³/mol. The molecule has 1 saturated carbocycles. The van der Waals surface area contributed by atoms with E-state index in [1.165, 1.54) is 12.8 Å². The molecule has 4 nitrogen and oxygen atoms in total. The van der Waals surface area contributed by atoms with Crippen LogP contribution in [0, 0.1) is 0 Å². The lowest BCUT2D eigenvalue weighted by molar-refractivity contribution is -0.122. The first-order valence-corrected chi connectivity index (χ1v) is 6.58. The van der Waals surface area contributed by atoms with Crippen LogP contribution in [-0.4, -0.2) is 48.2 Å². The fourth-order valence-electron chi connectivity index (χ4n) is 2.51. The fourth-order valence-corrected chi connectivity index (χ4v) is 2.51. The van der Waals surface area contributed by atoms with Gasteiger partial charge in [-0.1, -0.05) is 12.8 Å². The fraction of sp³-hybridized carbons (Fsp3) is 0.923. The topological polar surface area (TPSA) is 52.6 Å². The zero-order valence-electron chi connectivity index (χ0n) is 11.3. The van der Waals surface area contributed by atoms with Gasteiger partial charge >= 0.3 is 0 Å². The Balaban J connectivity index is 2.35. The summed E-state index contributed by atoms with van der Waals surface area (Å²) in [5.74, 6) is 0.0547. The average Bonchev–Trinajstić information content (AvgIpc) is 2.73. The third-order valence-corrected chi connectivity index (χ3v) is 3.89. The summed E-state index contributed by atoms with van der Waals surface area (Å²) in [5, 5.41) is 12.1. The van der Waals surface area contributed by atoms with Gasteiger partial charge in [0.2, 0.25) is 5.91 Å². The van der Waals surface area contributed by atoms with Gasteiger partial charge < -0.3 is 15.3 Å². The molecule has 1 fully saturated rings. The van der Waals surface area contributed by atoms with Gasteiger partial charge in [0.15, 0.2) is 0 Å². The Hall–Kier alpha value is -0.610. The monoisotopic (exact) mass is 242 g/mol. The molecule has 0 aromatic heterocycles. The molecule has 0 aliphatic heterocycles. The summed E-state index contributed by atoms with van der Waals surface area (Å²) in [6.07, 6.45) is 5.40. The van der Waals surface area contributed by atoms with Crippen LogP contribution >= 0.6 is 0 Å². The molecule has 0 aromatic rings. The number of amides is 1. The van der Waals surface area contributed by atoms with E-state index in [0.29, 0.717) is 12.8 Å². The minimum absolute atomic E-state index is 0.0547. The zero-order chi connectivity index (χ0) is 12.9. The number of nitrogens with one attached hydrogen (secondary N) is 1. The highest BCUT2D eigenvalue weighted by atomic mass is 16.3. The molecule has 1 aliphatic carbocycles. The summed E-state index contributed by atoms with van der Waals surface area (Å²) in [6.45, 7) is 2.45. The zero-order valence-corrected chi connectivity index (χ0v) is 11.3. The Labute approximate surface area is 104 Å². The van der Waals surface area contributed by atoms with Crippen LogP contribution in [0.2, 0.25) is 0 Å². The van der Waals surface area contributed by atoms with Crippen molar-refractivity contribution in [3.63, 3.8) is 0 Å². The maximum atomic E-state index is 11.6. The highest BCUT2D eigenvalue weighted by molar-refractivity contribution is 5.75. The number of carbonyl (C=O) groups excluding carboxylic acids is 1. The molecular weight excluding hydrogens is 216 g/mol. The summed E-state index contributed by atoms with van der Waals surface area (Å²) in [6, 6.07) is 0. The molecule has 0 aromatic carbocycles. The molecule has 100 valence electrons. The summed E-state index contributed by atoms with van der Waals surface area (Å²) in [7, 11) is 4.18. The number of nitrogens with zero attached hydrogens (tertiary/aromatic N) is 1. The average molecular weight is 242 g/mol. The van der Waals surface area contributed by atoms with E-state index in [0.717, 1.165) is 19.4 Å². The number of aliphatic hydroxyl groups excluding tert-OH is 1. The maximum absolute atomic E-state index is 11.6.